The third kappa shape index (κ3) is 6.27. The Morgan fingerprint density at radius 3 is 2.54 bits per heavy atom. The van der Waals surface area contributed by atoms with Gasteiger partial charge in [-0.15, -0.1) is 0 Å². The van der Waals surface area contributed by atoms with Crippen LogP contribution in [0.1, 0.15) is 52.4 Å². The van der Waals surface area contributed by atoms with Crippen LogP contribution in [0.25, 0.3) is 16.8 Å². The van der Waals surface area contributed by atoms with Gasteiger partial charge in [-0.3, -0.25) is 4.79 Å². The van der Waals surface area contributed by atoms with Gasteiger partial charge in [-0.1, -0.05) is 84.9 Å². The van der Waals surface area contributed by atoms with Gasteiger partial charge >= 0.3 is 5.97 Å². The summed E-state index contributed by atoms with van der Waals surface area (Å²) in [4.78, 5) is 26.3. The van der Waals surface area contributed by atoms with Crippen molar-refractivity contribution in [1.82, 2.24) is 10.2 Å². The average molecular weight is 519 g/mol. The lowest BCUT2D eigenvalue weighted by Gasteiger charge is -2.39. The molecule has 0 aromatic heterocycles. The number of carboxylic acids is 1. The fourth-order valence-electron chi connectivity index (χ4n) is 5.64. The molecule has 0 spiro atoms. The number of carbonyl (C=O) groups excluding carboxylic acids is 1. The third-order valence-electron chi connectivity index (χ3n) is 7.82. The van der Waals surface area contributed by atoms with Crippen LogP contribution in [0.2, 0.25) is 0 Å². The van der Waals surface area contributed by atoms with Crippen LogP contribution in [0.5, 0.6) is 0 Å². The number of hydrogen-bond donors (Lipinski definition) is 2. The van der Waals surface area contributed by atoms with Crippen molar-refractivity contribution in [2.45, 2.75) is 25.3 Å². The van der Waals surface area contributed by atoms with E-state index in [0.717, 1.165) is 13.0 Å². The third-order valence-corrected chi connectivity index (χ3v) is 7.82. The molecule has 0 radical (unpaired) electrons. The van der Waals surface area contributed by atoms with Crippen molar-refractivity contribution in [3.05, 3.63) is 125 Å². The lowest BCUT2D eigenvalue weighted by atomic mass is 9.80. The van der Waals surface area contributed by atoms with Crippen molar-refractivity contribution in [3.8, 4) is 0 Å². The fraction of sp³-hybridized carbons (Fsp3) is 0.235. The highest BCUT2D eigenvalue weighted by Gasteiger charge is 2.32. The minimum atomic E-state index is -0.979. The largest absolute Gasteiger partial charge is 0.478 e. The summed E-state index contributed by atoms with van der Waals surface area (Å²) in [5.41, 5.74) is 3.45. The van der Waals surface area contributed by atoms with E-state index in [1.807, 2.05) is 11.0 Å². The van der Waals surface area contributed by atoms with E-state index in [1.165, 1.54) is 21.9 Å². The Morgan fingerprint density at radius 2 is 1.72 bits per heavy atom. The number of hydrogen-bond acceptors (Lipinski definition) is 3. The van der Waals surface area contributed by atoms with E-state index in [0.29, 0.717) is 24.6 Å². The highest BCUT2D eigenvalue weighted by Crippen LogP contribution is 2.33. The van der Waals surface area contributed by atoms with Gasteiger partial charge in [0.25, 0.3) is 0 Å². The number of benzene rings is 4. The maximum absolute atomic E-state index is 13.2. The highest BCUT2D eigenvalue weighted by molar-refractivity contribution is 5.93. The molecule has 1 aliphatic heterocycles. The standard InChI is InChI=1S/C34H34N2O3/c1-24(30-16-8-13-26-12-5-6-15-31(26)30)35-22-29-19-20-36(23-32(29)27-10-3-2-4-11-27)33(37)18-17-25-9-7-14-28(21-25)34(38)39/h2-18,21,24,29,32,35H,19-20,22-23H2,1H3,(H,38,39)/b18-17+/t24-,29?,32?/m1/s1. The number of rotatable bonds is 8. The van der Waals surface area contributed by atoms with Crippen molar-refractivity contribution in [1.29, 1.82) is 0 Å². The fourth-order valence-corrected chi connectivity index (χ4v) is 5.64. The molecule has 5 rings (SSSR count). The first kappa shape index (κ1) is 26.4. The number of amides is 1. The summed E-state index contributed by atoms with van der Waals surface area (Å²) < 4.78 is 0. The van der Waals surface area contributed by atoms with Gasteiger partial charge in [0.1, 0.15) is 0 Å². The number of carboxylic acid groups (broad SMARTS) is 1. The Morgan fingerprint density at radius 1 is 0.974 bits per heavy atom. The molecule has 2 N–H and O–H groups in total. The lowest BCUT2D eigenvalue weighted by molar-refractivity contribution is -0.127. The molecule has 0 saturated carbocycles. The van der Waals surface area contributed by atoms with E-state index in [-0.39, 0.29) is 23.4 Å². The molecule has 1 amide bonds. The van der Waals surface area contributed by atoms with Gasteiger partial charge in [0.05, 0.1) is 5.56 Å². The predicted molar refractivity (Wildman–Crippen MR) is 157 cm³/mol. The Hall–Kier alpha value is -4.22. The Balaban J connectivity index is 1.28. The van der Waals surface area contributed by atoms with E-state index >= 15 is 0 Å². The highest BCUT2D eigenvalue weighted by atomic mass is 16.4. The van der Waals surface area contributed by atoms with Crippen molar-refractivity contribution in [2.75, 3.05) is 19.6 Å². The number of aromatic carboxylic acids is 1. The van der Waals surface area contributed by atoms with Gasteiger partial charge < -0.3 is 15.3 Å². The molecule has 3 atom stereocenters. The summed E-state index contributed by atoms with van der Waals surface area (Å²) in [6.07, 6.45) is 4.17. The molecule has 4 aromatic carbocycles. The monoisotopic (exact) mass is 518 g/mol. The molecule has 1 heterocycles. The van der Waals surface area contributed by atoms with E-state index < -0.39 is 5.97 Å². The second-order valence-electron chi connectivity index (χ2n) is 10.3. The van der Waals surface area contributed by atoms with Crippen LogP contribution in [0.15, 0.2) is 103 Å². The first-order chi connectivity index (χ1) is 19.0. The van der Waals surface area contributed by atoms with Crippen LogP contribution in [-0.2, 0) is 4.79 Å². The molecular formula is C34H34N2O3. The van der Waals surface area contributed by atoms with Gasteiger partial charge in [-0.05, 0) is 71.5 Å². The number of piperidine rings is 1. The zero-order chi connectivity index (χ0) is 27.2. The van der Waals surface area contributed by atoms with Crippen LogP contribution in [0, 0.1) is 5.92 Å². The van der Waals surface area contributed by atoms with Crippen LogP contribution >= 0.6 is 0 Å². The van der Waals surface area contributed by atoms with Gasteiger partial charge in [0.15, 0.2) is 0 Å². The van der Waals surface area contributed by atoms with Crippen LogP contribution in [0.4, 0.5) is 0 Å². The zero-order valence-corrected chi connectivity index (χ0v) is 22.2. The Bertz CT molecular complexity index is 1480. The van der Waals surface area contributed by atoms with Gasteiger partial charge in [0.2, 0.25) is 5.91 Å². The summed E-state index contributed by atoms with van der Waals surface area (Å²) in [5, 5.41) is 15.6. The molecule has 0 bridgehead atoms. The molecule has 4 aromatic rings. The minimum absolute atomic E-state index is 0.0489. The number of likely N-dealkylation sites (tertiary alicyclic amines) is 1. The zero-order valence-electron chi connectivity index (χ0n) is 22.2. The smallest absolute Gasteiger partial charge is 0.335 e. The first-order valence-corrected chi connectivity index (χ1v) is 13.6. The van der Waals surface area contributed by atoms with E-state index in [2.05, 4.69) is 79.0 Å². The van der Waals surface area contributed by atoms with Crippen molar-refractivity contribution in [3.63, 3.8) is 0 Å². The molecular weight excluding hydrogens is 484 g/mol. The van der Waals surface area contributed by atoms with Gasteiger partial charge in [-0.25, -0.2) is 4.79 Å². The number of carbonyl (C=O) groups is 2. The average Bonchev–Trinajstić information content (AvgIpc) is 2.99. The predicted octanol–water partition coefficient (Wildman–Crippen LogP) is 6.53. The molecule has 198 valence electrons. The lowest BCUT2D eigenvalue weighted by Crippen LogP contribution is -2.45. The molecule has 39 heavy (non-hydrogen) atoms. The molecule has 5 nitrogen and oxygen atoms in total. The van der Waals surface area contributed by atoms with Gasteiger partial charge in [0, 0.05) is 31.1 Å². The summed E-state index contributed by atoms with van der Waals surface area (Å²) in [5.74, 6) is -0.412. The van der Waals surface area contributed by atoms with Crippen LogP contribution < -0.4 is 5.32 Å². The molecule has 1 aliphatic rings. The number of nitrogens with zero attached hydrogens (tertiary/aromatic N) is 1. The van der Waals surface area contributed by atoms with Gasteiger partial charge in [-0.2, -0.15) is 0 Å². The SMILES string of the molecule is C[C@@H](NCC1CCN(C(=O)/C=C/c2cccc(C(=O)O)c2)CC1c1ccccc1)c1cccc2ccccc12. The molecule has 2 unspecified atom stereocenters. The van der Waals surface area contributed by atoms with E-state index in [9.17, 15) is 14.7 Å². The molecule has 1 saturated heterocycles. The molecule has 5 heteroatoms. The Kier molecular flexibility index (Phi) is 8.18. The van der Waals surface area contributed by atoms with Crippen LogP contribution in [-0.4, -0.2) is 41.5 Å². The van der Waals surface area contributed by atoms with Crippen LogP contribution in [0.3, 0.4) is 0 Å². The number of nitrogens with one attached hydrogen (secondary N) is 1. The van der Waals surface area contributed by atoms with E-state index in [4.69, 9.17) is 0 Å². The maximum Gasteiger partial charge on any atom is 0.335 e. The minimum Gasteiger partial charge on any atom is -0.478 e. The quantitative estimate of drug-likeness (QED) is 0.260. The van der Waals surface area contributed by atoms with E-state index in [1.54, 1.807) is 36.4 Å². The topological polar surface area (TPSA) is 69.6 Å². The van der Waals surface area contributed by atoms with Crippen molar-refractivity contribution in [2.24, 2.45) is 5.92 Å². The normalized spacial score (nSPS) is 18.3. The summed E-state index contributed by atoms with van der Waals surface area (Å²) in [6.45, 7) is 4.43. The van der Waals surface area contributed by atoms with Crippen molar-refractivity contribution < 1.29 is 14.7 Å². The van der Waals surface area contributed by atoms with Crippen molar-refractivity contribution >= 4 is 28.7 Å². The number of fused-ring (bicyclic) bond motifs is 1. The molecule has 1 fully saturated rings. The second kappa shape index (κ2) is 12.1. The first-order valence-electron chi connectivity index (χ1n) is 13.6. The summed E-state index contributed by atoms with van der Waals surface area (Å²) in [7, 11) is 0. The maximum atomic E-state index is 13.2. The summed E-state index contributed by atoms with van der Waals surface area (Å²) >= 11 is 0. The second-order valence-corrected chi connectivity index (χ2v) is 10.3. The summed E-state index contributed by atoms with van der Waals surface area (Å²) in [6, 6.07) is 32.3. The molecule has 0 aliphatic carbocycles. The Labute approximate surface area is 229 Å².